The number of anilines is 2. The Morgan fingerprint density at radius 2 is 1.53 bits per heavy atom. The second kappa shape index (κ2) is 7.79. The molecule has 0 amide bonds. The van der Waals surface area contributed by atoms with Crippen LogP contribution in [0.4, 0.5) is 11.4 Å². The van der Waals surface area contributed by atoms with Gasteiger partial charge in [-0.3, -0.25) is 9.59 Å². The van der Waals surface area contributed by atoms with Gasteiger partial charge in [-0.25, -0.2) is 0 Å². The molecule has 0 fully saturated rings. The Bertz CT molecular complexity index is 1230. The maximum Gasteiger partial charge on any atom is 0.193 e. The van der Waals surface area contributed by atoms with Gasteiger partial charge in [-0.15, -0.1) is 0 Å². The van der Waals surface area contributed by atoms with Crippen molar-refractivity contribution in [1.29, 1.82) is 0 Å². The van der Waals surface area contributed by atoms with Gasteiger partial charge in [-0.2, -0.15) is 0 Å². The molecule has 1 aliphatic carbocycles. The lowest BCUT2D eigenvalue weighted by atomic mass is 9.73. The molecule has 0 saturated carbocycles. The predicted molar refractivity (Wildman–Crippen MR) is 128 cm³/mol. The summed E-state index contributed by atoms with van der Waals surface area (Å²) in [5.41, 5.74) is 5.64. The Balaban J connectivity index is 1.61. The minimum Gasteiger partial charge on any atom is -0.372 e. The van der Waals surface area contributed by atoms with E-state index in [-0.39, 0.29) is 23.0 Å². The van der Waals surface area contributed by atoms with Crippen molar-refractivity contribution in [2.45, 2.75) is 32.7 Å². The third kappa shape index (κ3) is 3.73. The Hall–Kier alpha value is -3.66. The van der Waals surface area contributed by atoms with Crippen molar-refractivity contribution in [3.05, 3.63) is 107 Å². The number of benzene rings is 3. The SMILES string of the molecule is CC1(C)CC(=O)C2=C(C1)Nc1cc(C(=O)c3ccccc3)ccc1N[C@H]2c1ccccc1. The normalized spacial score (nSPS) is 19.2. The Morgan fingerprint density at radius 1 is 0.844 bits per heavy atom. The van der Waals surface area contributed by atoms with E-state index in [0.29, 0.717) is 17.5 Å². The van der Waals surface area contributed by atoms with Gasteiger partial charge in [0, 0.05) is 28.8 Å². The van der Waals surface area contributed by atoms with E-state index in [4.69, 9.17) is 0 Å². The zero-order valence-electron chi connectivity index (χ0n) is 18.3. The van der Waals surface area contributed by atoms with Gasteiger partial charge in [-0.1, -0.05) is 74.5 Å². The maximum atomic E-state index is 13.3. The number of carbonyl (C=O) groups is 2. The molecule has 0 unspecified atom stereocenters. The number of allylic oxidation sites excluding steroid dienone is 1. The molecule has 32 heavy (non-hydrogen) atoms. The molecular formula is C28H26N2O2. The van der Waals surface area contributed by atoms with Gasteiger partial charge in [0.15, 0.2) is 11.6 Å². The Labute approximate surface area is 188 Å². The first-order valence-electron chi connectivity index (χ1n) is 11.0. The lowest BCUT2D eigenvalue weighted by Gasteiger charge is -2.34. The molecule has 0 radical (unpaired) electrons. The first kappa shape index (κ1) is 20.3. The van der Waals surface area contributed by atoms with Crippen LogP contribution in [0.2, 0.25) is 0 Å². The van der Waals surface area contributed by atoms with Crippen molar-refractivity contribution in [2.24, 2.45) is 5.41 Å². The summed E-state index contributed by atoms with van der Waals surface area (Å²) in [5, 5.41) is 7.12. The van der Waals surface area contributed by atoms with E-state index in [1.54, 1.807) is 0 Å². The van der Waals surface area contributed by atoms with E-state index < -0.39 is 0 Å². The first-order valence-corrected chi connectivity index (χ1v) is 11.0. The van der Waals surface area contributed by atoms with E-state index in [2.05, 4.69) is 24.5 Å². The number of fused-ring (bicyclic) bond motifs is 1. The highest BCUT2D eigenvalue weighted by atomic mass is 16.1. The van der Waals surface area contributed by atoms with Crippen LogP contribution in [0.15, 0.2) is 90.1 Å². The number of Topliss-reactive ketones (excluding diaryl/α,β-unsaturated/α-hetero) is 1. The predicted octanol–water partition coefficient (Wildman–Crippen LogP) is 6.14. The number of hydrogen-bond donors (Lipinski definition) is 2. The van der Waals surface area contributed by atoms with Crippen molar-refractivity contribution in [1.82, 2.24) is 0 Å². The fourth-order valence-corrected chi connectivity index (χ4v) is 4.74. The van der Waals surface area contributed by atoms with Crippen molar-refractivity contribution in [2.75, 3.05) is 10.6 Å². The summed E-state index contributed by atoms with van der Waals surface area (Å²) in [6.45, 7) is 4.25. The molecule has 1 atom stereocenters. The molecular weight excluding hydrogens is 396 g/mol. The minimum atomic E-state index is -0.237. The van der Waals surface area contributed by atoms with Crippen LogP contribution in [0.3, 0.4) is 0 Å². The van der Waals surface area contributed by atoms with Crippen LogP contribution < -0.4 is 10.6 Å². The summed E-state index contributed by atoms with van der Waals surface area (Å²) in [4.78, 5) is 26.3. The molecule has 3 aromatic rings. The fraction of sp³-hybridized carbons (Fsp3) is 0.214. The van der Waals surface area contributed by atoms with Crippen LogP contribution in [0.25, 0.3) is 0 Å². The fourth-order valence-electron chi connectivity index (χ4n) is 4.74. The molecule has 4 heteroatoms. The van der Waals surface area contributed by atoms with Gasteiger partial charge >= 0.3 is 0 Å². The molecule has 2 aliphatic rings. The van der Waals surface area contributed by atoms with Gasteiger partial charge in [0.1, 0.15) is 0 Å². The average Bonchev–Trinajstić information content (AvgIpc) is 2.95. The van der Waals surface area contributed by atoms with Gasteiger partial charge in [-0.05, 0) is 35.6 Å². The number of ketones is 2. The van der Waals surface area contributed by atoms with Gasteiger partial charge in [0.05, 0.1) is 17.4 Å². The summed E-state index contributed by atoms with van der Waals surface area (Å²) in [5.74, 6) is 0.145. The highest BCUT2D eigenvalue weighted by Crippen LogP contribution is 2.45. The van der Waals surface area contributed by atoms with E-state index >= 15 is 0 Å². The summed E-state index contributed by atoms with van der Waals surface area (Å²) >= 11 is 0. The van der Waals surface area contributed by atoms with E-state index in [9.17, 15) is 9.59 Å². The standard InChI is InChI=1S/C28H26N2O2/c1-28(2)16-23-25(24(31)17-28)26(18-9-5-3-6-10-18)30-21-14-13-20(15-22(21)29-23)27(32)19-11-7-4-8-12-19/h3-15,26,29-30H,16-17H2,1-2H3/t26-/m0/s1. The van der Waals surface area contributed by atoms with Crippen LogP contribution in [0.1, 0.15) is 54.2 Å². The van der Waals surface area contributed by atoms with Crippen molar-refractivity contribution >= 4 is 22.9 Å². The molecule has 0 spiro atoms. The van der Waals surface area contributed by atoms with Crippen LogP contribution in [-0.4, -0.2) is 11.6 Å². The second-order valence-corrected chi connectivity index (χ2v) is 9.40. The quantitative estimate of drug-likeness (QED) is 0.498. The second-order valence-electron chi connectivity index (χ2n) is 9.40. The number of hydrogen-bond acceptors (Lipinski definition) is 4. The Kier molecular flexibility index (Phi) is 4.93. The smallest absolute Gasteiger partial charge is 0.193 e. The summed E-state index contributed by atoms with van der Waals surface area (Å²) in [7, 11) is 0. The maximum absolute atomic E-state index is 13.3. The van der Waals surface area contributed by atoms with Crippen LogP contribution in [-0.2, 0) is 4.79 Å². The molecule has 2 N–H and O–H groups in total. The van der Waals surface area contributed by atoms with Gasteiger partial charge < -0.3 is 10.6 Å². The highest BCUT2D eigenvalue weighted by Gasteiger charge is 2.38. The zero-order chi connectivity index (χ0) is 22.3. The highest BCUT2D eigenvalue weighted by molar-refractivity contribution is 6.10. The summed E-state index contributed by atoms with van der Waals surface area (Å²) in [6, 6.07) is 24.8. The molecule has 0 saturated heterocycles. The van der Waals surface area contributed by atoms with Crippen LogP contribution >= 0.6 is 0 Å². The van der Waals surface area contributed by atoms with Crippen molar-refractivity contribution in [3.63, 3.8) is 0 Å². The monoisotopic (exact) mass is 422 g/mol. The van der Waals surface area contributed by atoms with Gasteiger partial charge in [0.25, 0.3) is 0 Å². The van der Waals surface area contributed by atoms with Crippen molar-refractivity contribution < 1.29 is 9.59 Å². The molecule has 160 valence electrons. The first-order chi connectivity index (χ1) is 15.4. The lowest BCUT2D eigenvalue weighted by molar-refractivity contribution is -0.118. The third-order valence-corrected chi connectivity index (χ3v) is 6.24. The summed E-state index contributed by atoms with van der Waals surface area (Å²) < 4.78 is 0. The largest absolute Gasteiger partial charge is 0.372 e. The van der Waals surface area contributed by atoms with Gasteiger partial charge in [0.2, 0.25) is 0 Å². The number of nitrogens with one attached hydrogen (secondary N) is 2. The minimum absolute atomic E-state index is 0.0201. The Morgan fingerprint density at radius 3 is 2.25 bits per heavy atom. The average molecular weight is 423 g/mol. The molecule has 0 aromatic heterocycles. The molecule has 0 bridgehead atoms. The van der Waals surface area contributed by atoms with E-state index in [0.717, 1.165) is 34.6 Å². The zero-order valence-corrected chi connectivity index (χ0v) is 18.3. The number of rotatable bonds is 3. The lowest BCUT2D eigenvalue weighted by Crippen LogP contribution is -2.31. The topological polar surface area (TPSA) is 58.2 Å². The molecule has 5 rings (SSSR count). The molecule has 3 aromatic carbocycles. The third-order valence-electron chi connectivity index (χ3n) is 6.24. The molecule has 4 nitrogen and oxygen atoms in total. The van der Waals surface area contributed by atoms with Crippen LogP contribution in [0.5, 0.6) is 0 Å². The van der Waals surface area contributed by atoms with Crippen molar-refractivity contribution in [3.8, 4) is 0 Å². The van der Waals surface area contributed by atoms with E-state index in [1.165, 1.54) is 0 Å². The molecule has 1 aliphatic heterocycles. The summed E-state index contributed by atoms with van der Waals surface area (Å²) in [6.07, 6.45) is 1.29. The van der Waals surface area contributed by atoms with Crippen LogP contribution in [0, 0.1) is 5.41 Å². The number of carbonyl (C=O) groups excluding carboxylic acids is 2. The van der Waals surface area contributed by atoms with E-state index in [1.807, 2.05) is 78.9 Å². The molecule has 1 heterocycles.